The Morgan fingerprint density at radius 3 is 2.58 bits per heavy atom. The number of aryl methyl sites for hydroxylation is 4. The van der Waals surface area contributed by atoms with E-state index in [1.165, 1.54) is 17.3 Å². The monoisotopic (exact) mass is 275 g/mol. The molecule has 2 aromatic rings. The van der Waals surface area contributed by atoms with Gasteiger partial charge >= 0.3 is 0 Å². The third kappa shape index (κ3) is 3.26. The molecule has 1 aromatic carbocycles. The van der Waals surface area contributed by atoms with Crippen LogP contribution in [0.2, 0.25) is 0 Å². The van der Waals surface area contributed by atoms with E-state index in [1.54, 1.807) is 0 Å². The molecule has 2 rings (SSSR count). The van der Waals surface area contributed by atoms with Gasteiger partial charge in [0, 0.05) is 5.56 Å². The number of ketones is 1. The molecule has 19 heavy (non-hydrogen) atoms. The minimum Gasteiger partial charge on any atom is -0.437 e. The van der Waals surface area contributed by atoms with Crippen LogP contribution in [0, 0.1) is 27.7 Å². The Hall–Kier alpha value is -1.55. The van der Waals surface area contributed by atoms with E-state index in [0.29, 0.717) is 11.0 Å². The van der Waals surface area contributed by atoms with E-state index in [-0.39, 0.29) is 5.78 Å². The van der Waals surface area contributed by atoms with Crippen molar-refractivity contribution in [1.29, 1.82) is 0 Å². The first-order valence-electron chi connectivity index (χ1n) is 6.14. The third-order valence-electron chi connectivity index (χ3n) is 3.02. The van der Waals surface area contributed by atoms with Crippen LogP contribution in [0.4, 0.5) is 0 Å². The van der Waals surface area contributed by atoms with Gasteiger partial charge in [0.1, 0.15) is 5.76 Å². The van der Waals surface area contributed by atoms with E-state index in [0.717, 1.165) is 22.6 Å². The minimum absolute atomic E-state index is 0.107. The molecule has 1 aromatic heterocycles. The summed E-state index contributed by atoms with van der Waals surface area (Å²) in [5.41, 5.74) is 3.84. The fourth-order valence-electron chi connectivity index (χ4n) is 1.84. The molecule has 1 heterocycles. The molecule has 100 valence electrons. The lowest BCUT2D eigenvalue weighted by Crippen LogP contribution is -2.04. The van der Waals surface area contributed by atoms with Crippen LogP contribution in [0.1, 0.15) is 32.9 Å². The Bertz CT molecular complexity index is 597. The summed E-state index contributed by atoms with van der Waals surface area (Å²) in [4.78, 5) is 16.4. The number of rotatable bonds is 4. The van der Waals surface area contributed by atoms with Gasteiger partial charge in [-0.25, -0.2) is 4.98 Å². The molecule has 0 amide bonds. The van der Waals surface area contributed by atoms with Crippen molar-refractivity contribution in [1.82, 2.24) is 4.98 Å². The van der Waals surface area contributed by atoms with Crippen molar-refractivity contribution in [2.75, 3.05) is 5.75 Å². The standard InChI is InChI=1S/C15H17NO2S/c1-9-5-6-13(10(2)7-9)14(17)8-19-15-16-11(3)12(4)18-15/h5-7H,8H2,1-4H3. The number of thioether (sulfide) groups is 1. The van der Waals surface area contributed by atoms with E-state index in [1.807, 2.05) is 45.9 Å². The Morgan fingerprint density at radius 1 is 1.26 bits per heavy atom. The maximum atomic E-state index is 12.2. The molecule has 0 fully saturated rings. The highest BCUT2D eigenvalue weighted by atomic mass is 32.2. The van der Waals surface area contributed by atoms with Gasteiger partial charge in [-0.3, -0.25) is 4.79 Å². The fourth-order valence-corrected chi connectivity index (χ4v) is 2.63. The molecule has 4 heteroatoms. The van der Waals surface area contributed by atoms with Crippen LogP contribution >= 0.6 is 11.8 Å². The first kappa shape index (κ1) is 13.9. The van der Waals surface area contributed by atoms with Gasteiger partial charge in [0.2, 0.25) is 0 Å². The van der Waals surface area contributed by atoms with Gasteiger partial charge in [-0.2, -0.15) is 0 Å². The Morgan fingerprint density at radius 2 is 2.00 bits per heavy atom. The summed E-state index contributed by atoms with van der Waals surface area (Å²) in [7, 11) is 0. The van der Waals surface area contributed by atoms with Crippen LogP contribution in [0.5, 0.6) is 0 Å². The van der Waals surface area contributed by atoms with Crippen molar-refractivity contribution in [3.63, 3.8) is 0 Å². The third-order valence-corrected chi connectivity index (χ3v) is 3.85. The number of aromatic nitrogens is 1. The number of carbonyl (C=O) groups is 1. The summed E-state index contributed by atoms with van der Waals surface area (Å²) in [5, 5.41) is 0.563. The smallest absolute Gasteiger partial charge is 0.256 e. The van der Waals surface area contributed by atoms with Crippen LogP contribution in [-0.2, 0) is 0 Å². The highest BCUT2D eigenvalue weighted by Crippen LogP contribution is 2.22. The van der Waals surface area contributed by atoms with E-state index in [4.69, 9.17) is 4.42 Å². The molecule has 3 nitrogen and oxygen atoms in total. The van der Waals surface area contributed by atoms with Crippen molar-refractivity contribution in [2.45, 2.75) is 32.9 Å². The number of hydrogen-bond donors (Lipinski definition) is 0. The molecule has 0 N–H and O–H groups in total. The molecule has 0 spiro atoms. The molecular weight excluding hydrogens is 258 g/mol. The summed E-state index contributed by atoms with van der Waals surface area (Å²) < 4.78 is 5.45. The van der Waals surface area contributed by atoms with Crippen LogP contribution in [0.3, 0.4) is 0 Å². The second kappa shape index (κ2) is 5.61. The number of nitrogens with zero attached hydrogens (tertiary/aromatic N) is 1. The molecule has 0 aliphatic rings. The molecule has 0 radical (unpaired) electrons. The van der Waals surface area contributed by atoms with Gasteiger partial charge < -0.3 is 4.42 Å². The lowest BCUT2D eigenvalue weighted by Gasteiger charge is -2.04. The highest BCUT2D eigenvalue weighted by Gasteiger charge is 2.12. The molecule has 0 bridgehead atoms. The molecule has 0 aliphatic carbocycles. The summed E-state index contributed by atoms with van der Waals surface area (Å²) >= 11 is 1.34. The average Bonchev–Trinajstić information content (AvgIpc) is 2.66. The van der Waals surface area contributed by atoms with Crippen molar-refractivity contribution >= 4 is 17.5 Å². The van der Waals surface area contributed by atoms with E-state index >= 15 is 0 Å². The number of oxazole rings is 1. The zero-order valence-electron chi connectivity index (χ0n) is 11.6. The predicted octanol–water partition coefficient (Wildman–Crippen LogP) is 3.88. The summed E-state index contributed by atoms with van der Waals surface area (Å²) in [6, 6.07) is 5.88. The Balaban J connectivity index is 2.05. The van der Waals surface area contributed by atoms with Gasteiger partial charge in [-0.15, -0.1) is 0 Å². The van der Waals surface area contributed by atoms with Gasteiger partial charge in [-0.1, -0.05) is 35.5 Å². The molecule has 0 unspecified atom stereocenters. The molecule has 0 saturated carbocycles. The van der Waals surface area contributed by atoms with Crippen LogP contribution < -0.4 is 0 Å². The van der Waals surface area contributed by atoms with E-state index in [2.05, 4.69) is 4.98 Å². The number of benzene rings is 1. The Kier molecular flexibility index (Phi) is 4.10. The van der Waals surface area contributed by atoms with Crippen LogP contribution in [0.25, 0.3) is 0 Å². The molecule has 0 saturated heterocycles. The lowest BCUT2D eigenvalue weighted by molar-refractivity contribution is 0.102. The summed E-state index contributed by atoms with van der Waals surface area (Å²) in [5.74, 6) is 1.26. The number of carbonyl (C=O) groups excluding carboxylic acids is 1. The van der Waals surface area contributed by atoms with Gasteiger partial charge in [0.25, 0.3) is 5.22 Å². The fraction of sp³-hybridized carbons (Fsp3) is 0.333. The van der Waals surface area contributed by atoms with Crippen molar-refractivity contribution in [2.24, 2.45) is 0 Å². The zero-order valence-corrected chi connectivity index (χ0v) is 12.4. The van der Waals surface area contributed by atoms with Crippen LogP contribution in [0.15, 0.2) is 27.8 Å². The molecule has 0 aliphatic heterocycles. The predicted molar refractivity (Wildman–Crippen MR) is 76.9 cm³/mol. The highest BCUT2D eigenvalue weighted by molar-refractivity contribution is 7.99. The van der Waals surface area contributed by atoms with Gasteiger partial charge in [0.05, 0.1) is 11.4 Å². The van der Waals surface area contributed by atoms with Crippen molar-refractivity contribution < 1.29 is 9.21 Å². The molecular formula is C15H17NO2S. The second-order valence-corrected chi connectivity index (χ2v) is 5.58. The maximum Gasteiger partial charge on any atom is 0.256 e. The minimum atomic E-state index is 0.107. The zero-order chi connectivity index (χ0) is 14.0. The molecule has 0 atom stereocenters. The van der Waals surface area contributed by atoms with Crippen molar-refractivity contribution in [3.8, 4) is 0 Å². The van der Waals surface area contributed by atoms with Gasteiger partial charge in [0.15, 0.2) is 5.78 Å². The SMILES string of the molecule is Cc1ccc(C(=O)CSc2nc(C)c(C)o2)c(C)c1. The normalized spacial score (nSPS) is 10.7. The van der Waals surface area contributed by atoms with E-state index < -0.39 is 0 Å². The van der Waals surface area contributed by atoms with Crippen molar-refractivity contribution in [3.05, 3.63) is 46.3 Å². The Labute approximate surface area is 117 Å². The topological polar surface area (TPSA) is 43.1 Å². The van der Waals surface area contributed by atoms with Gasteiger partial charge in [-0.05, 0) is 33.3 Å². The quantitative estimate of drug-likeness (QED) is 0.627. The average molecular weight is 275 g/mol. The van der Waals surface area contributed by atoms with E-state index in [9.17, 15) is 4.79 Å². The second-order valence-electron chi connectivity index (χ2n) is 4.65. The maximum absolute atomic E-state index is 12.2. The number of hydrogen-bond acceptors (Lipinski definition) is 4. The number of Topliss-reactive ketones (excluding diaryl/α,β-unsaturated/α-hetero) is 1. The van der Waals surface area contributed by atoms with Crippen LogP contribution in [-0.4, -0.2) is 16.5 Å². The lowest BCUT2D eigenvalue weighted by atomic mass is 10.0. The first-order chi connectivity index (χ1) is 8.97. The first-order valence-corrected chi connectivity index (χ1v) is 7.13. The summed E-state index contributed by atoms with van der Waals surface area (Å²) in [6.45, 7) is 7.76. The summed E-state index contributed by atoms with van der Waals surface area (Å²) in [6.07, 6.45) is 0. The largest absolute Gasteiger partial charge is 0.437 e.